The number of carboxylic acids is 2. The Morgan fingerprint density at radius 2 is 1.11 bits per heavy atom. The number of rotatable bonds is 8. The molecule has 0 rings (SSSR count). The van der Waals surface area contributed by atoms with Crippen LogP contribution in [0.2, 0.25) is 0 Å². The van der Waals surface area contributed by atoms with Gasteiger partial charge >= 0.3 is 35.2 Å². The van der Waals surface area contributed by atoms with Gasteiger partial charge in [0.2, 0.25) is 0 Å². The minimum Gasteiger partial charge on any atom is -0.481 e. The molecule has 10 heteroatoms. The summed E-state index contributed by atoms with van der Waals surface area (Å²) in [7, 11) is 0. The van der Waals surface area contributed by atoms with Crippen LogP contribution < -0.4 is 0 Å². The minimum atomic E-state index is -2.69. The fraction of sp³-hybridized carbons (Fsp3) is 0.500. The minimum absolute atomic E-state index is 0.511. The number of hydrogen-bond acceptors (Lipinski definition) is 7. The lowest BCUT2D eigenvalue weighted by Crippen LogP contribution is -2.15. The molecule has 0 bridgehead atoms. The molecular formula is C8H10O9S. The van der Waals surface area contributed by atoms with E-state index in [1.807, 2.05) is 0 Å². The summed E-state index contributed by atoms with van der Waals surface area (Å²) < 4.78 is 19.0. The average Bonchev–Trinajstić information content (AvgIpc) is 2.23. The number of carbonyl (C=O) groups excluding carboxylic acids is 2. The van der Waals surface area contributed by atoms with Crippen molar-refractivity contribution in [2.24, 2.45) is 0 Å². The Bertz CT molecular complexity index is 341. The SMILES string of the molecule is O=C(O)CCC(=O)OS(=O)OC(=O)CCC(=O)O. The van der Waals surface area contributed by atoms with E-state index in [4.69, 9.17) is 10.2 Å². The molecule has 0 unspecified atom stereocenters. The predicted octanol–water partition coefficient (Wildman–Crippen LogP) is -0.619. The Morgan fingerprint density at radius 1 is 0.778 bits per heavy atom. The second kappa shape index (κ2) is 8.17. The lowest BCUT2D eigenvalue weighted by atomic mass is 10.3. The maximum absolute atomic E-state index is 10.9. The van der Waals surface area contributed by atoms with Crippen LogP contribution in [-0.4, -0.2) is 38.3 Å². The van der Waals surface area contributed by atoms with E-state index in [-0.39, 0.29) is 0 Å². The normalized spacial score (nSPS) is 9.83. The molecule has 2 N–H and O–H groups in total. The molecule has 0 aliphatic carbocycles. The maximum atomic E-state index is 10.9. The summed E-state index contributed by atoms with van der Waals surface area (Å²) >= 11 is -2.69. The molecule has 0 aromatic carbocycles. The van der Waals surface area contributed by atoms with E-state index in [0.717, 1.165) is 0 Å². The van der Waals surface area contributed by atoms with Crippen LogP contribution in [-0.2, 0) is 38.9 Å². The Morgan fingerprint density at radius 3 is 1.39 bits per heavy atom. The fourth-order valence-corrected chi connectivity index (χ4v) is 1.17. The molecule has 0 heterocycles. The van der Waals surface area contributed by atoms with Crippen molar-refractivity contribution < 1.29 is 42.0 Å². The van der Waals surface area contributed by atoms with Gasteiger partial charge in [-0.25, -0.2) is 0 Å². The average molecular weight is 282 g/mol. The highest BCUT2D eigenvalue weighted by molar-refractivity contribution is 7.76. The third-order valence-corrected chi connectivity index (χ3v) is 2.05. The van der Waals surface area contributed by atoms with Crippen molar-refractivity contribution in [1.82, 2.24) is 0 Å². The molecule has 102 valence electrons. The first-order valence-corrected chi connectivity index (χ1v) is 5.59. The third-order valence-electron chi connectivity index (χ3n) is 1.41. The zero-order valence-electron chi connectivity index (χ0n) is 8.99. The summed E-state index contributed by atoms with van der Waals surface area (Å²) in [4.78, 5) is 41.9. The van der Waals surface area contributed by atoms with Crippen molar-refractivity contribution in [3.05, 3.63) is 0 Å². The standard InChI is InChI=1S/C8H10O9S/c9-5(10)1-3-7(13)16-18(15)17-8(14)4-2-6(11)12/h1-4H2,(H,9,10)(H,11,12). The van der Waals surface area contributed by atoms with Crippen molar-refractivity contribution in [3.8, 4) is 0 Å². The van der Waals surface area contributed by atoms with E-state index < -0.39 is 60.9 Å². The quantitative estimate of drug-likeness (QED) is 0.594. The van der Waals surface area contributed by atoms with Crippen LogP contribution in [0.1, 0.15) is 25.7 Å². The molecule has 0 amide bonds. The van der Waals surface area contributed by atoms with Crippen molar-refractivity contribution in [2.45, 2.75) is 25.7 Å². The summed E-state index contributed by atoms with van der Waals surface area (Å²) in [6, 6.07) is 0. The van der Waals surface area contributed by atoms with Gasteiger partial charge in [0.25, 0.3) is 0 Å². The molecular weight excluding hydrogens is 272 g/mol. The first-order valence-electron chi connectivity index (χ1n) is 4.59. The highest BCUT2D eigenvalue weighted by Crippen LogP contribution is 2.00. The number of carbonyl (C=O) groups is 4. The Hall–Kier alpha value is -1.97. The van der Waals surface area contributed by atoms with E-state index in [0.29, 0.717) is 0 Å². The molecule has 0 aromatic heterocycles. The van der Waals surface area contributed by atoms with E-state index in [2.05, 4.69) is 8.37 Å². The molecule has 0 atom stereocenters. The van der Waals surface area contributed by atoms with Gasteiger partial charge in [0.05, 0.1) is 25.7 Å². The number of carboxylic acid groups (broad SMARTS) is 2. The Labute approximate surface area is 104 Å². The van der Waals surface area contributed by atoms with Gasteiger partial charge in [0.1, 0.15) is 0 Å². The number of hydrogen-bond donors (Lipinski definition) is 2. The molecule has 0 aromatic rings. The second-order valence-corrected chi connectivity index (χ2v) is 3.64. The van der Waals surface area contributed by atoms with E-state index in [1.54, 1.807) is 0 Å². The zero-order chi connectivity index (χ0) is 14.1. The second-order valence-electron chi connectivity index (χ2n) is 2.90. The van der Waals surface area contributed by atoms with E-state index >= 15 is 0 Å². The molecule has 0 saturated carbocycles. The van der Waals surface area contributed by atoms with Gasteiger partial charge in [-0.3, -0.25) is 19.2 Å². The Kier molecular flexibility index (Phi) is 7.28. The van der Waals surface area contributed by atoms with Gasteiger partial charge in [0, 0.05) is 0 Å². The molecule has 0 radical (unpaired) electrons. The van der Waals surface area contributed by atoms with Gasteiger partial charge in [-0.1, -0.05) is 0 Å². The van der Waals surface area contributed by atoms with Gasteiger partial charge in [-0.15, -0.1) is 0 Å². The van der Waals surface area contributed by atoms with Gasteiger partial charge < -0.3 is 18.6 Å². The lowest BCUT2D eigenvalue weighted by molar-refractivity contribution is -0.144. The first kappa shape index (κ1) is 16.0. The van der Waals surface area contributed by atoms with Gasteiger partial charge in [0.15, 0.2) is 0 Å². The molecule has 0 fully saturated rings. The van der Waals surface area contributed by atoms with Gasteiger partial charge in [-0.2, -0.15) is 4.21 Å². The van der Waals surface area contributed by atoms with Crippen molar-refractivity contribution in [2.75, 3.05) is 0 Å². The highest BCUT2D eigenvalue weighted by atomic mass is 32.2. The Balaban J connectivity index is 3.89. The maximum Gasteiger partial charge on any atom is 0.422 e. The smallest absolute Gasteiger partial charge is 0.422 e. The fourth-order valence-electron chi connectivity index (χ4n) is 0.670. The summed E-state index contributed by atoms with van der Waals surface area (Å²) in [5.74, 6) is -4.70. The molecule has 0 spiro atoms. The van der Waals surface area contributed by atoms with Crippen molar-refractivity contribution >= 4 is 35.2 Å². The highest BCUT2D eigenvalue weighted by Gasteiger charge is 2.16. The van der Waals surface area contributed by atoms with Crippen molar-refractivity contribution in [1.29, 1.82) is 0 Å². The number of aliphatic carboxylic acids is 2. The molecule has 0 saturated heterocycles. The topological polar surface area (TPSA) is 144 Å². The van der Waals surface area contributed by atoms with Crippen molar-refractivity contribution in [3.63, 3.8) is 0 Å². The summed E-state index contributed by atoms with van der Waals surface area (Å²) in [6.07, 6.45) is -2.06. The molecule has 0 aliphatic heterocycles. The monoisotopic (exact) mass is 282 g/mol. The van der Waals surface area contributed by atoms with Crippen LogP contribution in [0.3, 0.4) is 0 Å². The van der Waals surface area contributed by atoms with Crippen LogP contribution in [0.5, 0.6) is 0 Å². The summed E-state index contributed by atoms with van der Waals surface area (Å²) in [6.45, 7) is 0. The van der Waals surface area contributed by atoms with E-state index in [1.165, 1.54) is 0 Å². The molecule has 18 heavy (non-hydrogen) atoms. The third kappa shape index (κ3) is 9.27. The summed E-state index contributed by atoms with van der Waals surface area (Å²) in [5, 5.41) is 16.5. The van der Waals surface area contributed by atoms with Crippen LogP contribution in [0.25, 0.3) is 0 Å². The van der Waals surface area contributed by atoms with Gasteiger partial charge in [-0.05, 0) is 0 Å². The van der Waals surface area contributed by atoms with Crippen LogP contribution in [0.15, 0.2) is 0 Å². The van der Waals surface area contributed by atoms with Crippen LogP contribution in [0, 0.1) is 0 Å². The predicted molar refractivity (Wildman–Crippen MR) is 54.1 cm³/mol. The lowest BCUT2D eigenvalue weighted by Gasteiger charge is -2.02. The largest absolute Gasteiger partial charge is 0.481 e. The van der Waals surface area contributed by atoms with E-state index in [9.17, 15) is 23.4 Å². The zero-order valence-corrected chi connectivity index (χ0v) is 9.81. The summed E-state index contributed by atoms with van der Waals surface area (Å²) in [5.41, 5.74) is 0. The van der Waals surface area contributed by atoms with Crippen LogP contribution in [0.4, 0.5) is 0 Å². The first-order chi connectivity index (χ1) is 8.31. The molecule has 9 nitrogen and oxygen atoms in total. The van der Waals surface area contributed by atoms with Crippen LogP contribution >= 0.6 is 0 Å². The molecule has 0 aliphatic rings.